The molecule has 1 saturated carbocycles. The van der Waals surface area contributed by atoms with Gasteiger partial charge in [-0.3, -0.25) is 0 Å². The lowest BCUT2D eigenvalue weighted by Crippen LogP contribution is -2.50. The fraction of sp³-hybridized carbons (Fsp3) is 0.944. The fourth-order valence-electron chi connectivity index (χ4n) is 3.81. The Morgan fingerprint density at radius 1 is 1.00 bits per heavy atom. The molecule has 3 nitrogen and oxygen atoms in total. The monoisotopic (exact) mass is 294 g/mol. The normalized spacial score (nSPS) is 28.5. The molecule has 2 fully saturated rings. The minimum absolute atomic E-state index is 0.118. The maximum Gasteiger partial charge on any atom is 0.317 e. The SMILES string of the molecule is CC1CCC(CC2CCN(C(=O)NC(C)(C)C)CC2)CC1. The van der Waals surface area contributed by atoms with Crippen molar-refractivity contribution in [3.8, 4) is 0 Å². The number of carbonyl (C=O) groups is 1. The molecule has 0 aromatic heterocycles. The number of nitrogens with one attached hydrogen (secondary N) is 1. The van der Waals surface area contributed by atoms with Crippen LogP contribution in [0.3, 0.4) is 0 Å². The topological polar surface area (TPSA) is 32.3 Å². The van der Waals surface area contributed by atoms with E-state index in [1.165, 1.54) is 44.9 Å². The van der Waals surface area contributed by atoms with Gasteiger partial charge in [-0.25, -0.2) is 4.79 Å². The van der Waals surface area contributed by atoms with Gasteiger partial charge in [0, 0.05) is 18.6 Å². The van der Waals surface area contributed by atoms with Crippen LogP contribution < -0.4 is 5.32 Å². The van der Waals surface area contributed by atoms with Gasteiger partial charge in [-0.15, -0.1) is 0 Å². The molecule has 1 aliphatic heterocycles. The van der Waals surface area contributed by atoms with Crippen LogP contribution in [-0.4, -0.2) is 29.6 Å². The van der Waals surface area contributed by atoms with Crippen molar-refractivity contribution in [2.75, 3.05) is 13.1 Å². The molecule has 0 spiro atoms. The van der Waals surface area contributed by atoms with Crippen LogP contribution in [0.2, 0.25) is 0 Å². The van der Waals surface area contributed by atoms with Crippen molar-refractivity contribution in [1.82, 2.24) is 10.2 Å². The maximum atomic E-state index is 12.2. The third kappa shape index (κ3) is 5.52. The van der Waals surface area contributed by atoms with E-state index in [-0.39, 0.29) is 11.6 Å². The van der Waals surface area contributed by atoms with Gasteiger partial charge in [0.15, 0.2) is 0 Å². The lowest BCUT2D eigenvalue weighted by molar-refractivity contribution is 0.148. The number of hydrogen-bond acceptors (Lipinski definition) is 1. The van der Waals surface area contributed by atoms with E-state index in [9.17, 15) is 4.79 Å². The smallest absolute Gasteiger partial charge is 0.317 e. The molecule has 0 atom stereocenters. The molecule has 21 heavy (non-hydrogen) atoms. The van der Waals surface area contributed by atoms with Gasteiger partial charge in [-0.05, 0) is 57.8 Å². The highest BCUT2D eigenvalue weighted by Gasteiger charge is 2.27. The van der Waals surface area contributed by atoms with Crippen LogP contribution in [0.1, 0.15) is 72.6 Å². The first-order chi connectivity index (χ1) is 9.83. The second kappa shape index (κ2) is 7.02. The summed E-state index contributed by atoms with van der Waals surface area (Å²) >= 11 is 0. The fourth-order valence-corrected chi connectivity index (χ4v) is 3.81. The molecule has 122 valence electrons. The van der Waals surface area contributed by atoms with Crippen molar-refractivity contribution in [3.05, 3.63) is 0 Å². The predicted molar refractivity (Wildman–Crippen MR) is 88.3 cm³/mol. The van der Waals surface area contributed by atoms with Gasteiger partial charge in [-0.1, -0.05) is 32.6 Å². The Labute approximate surface area is 130 Å². The summed E-state index contributed by atoms with van der Waals surface area (Å²) in [6.45, 7) is 10.4. The van der Waals surface area contributed by atoms with Crippen molar-refractivity contribution in [3.63, 3.8) is 0 Å². The van der Waals surface area contributed by atoms with E-state index in [0.29, 0.717) is 0 Å². The standard InChI is InChI=1S/C18H34N2O/c1-14-5-7-15(8-6-14)13-16-9-11-20(12-10-16)17(21)19-18(2,3)4/h14-16H,5-13H2,1-4H3,(H,19,21). The van der Waals surface area contributed by atoms with Gasteiger partial charge in [0.05, 0.1) is 0 Å². The van der Waals surface area contributed by atoms with Crippen LogP contribution in [0.5, 0.6) is 0 Å². The maximum absolute atomic E-state index is 12.2. The van der Waals surface area contributed by atoms with Crippen molar-refractivity contribution in [2.24, 2.45) is 17.8 Å². The van der Waals surface area contributed by atoms with E-state index in [0.717, 1.165) is 30.8 Å². The first-order valence-electron chi connectivity index (χ1n) is 8.90. The van der Waals surface area contributed by atoms with Gasteiger partial charge in [0.2, 0.25) is 0 Å². The highest BCUT2D eigenvalue weighted by Crippen LogP contribution is 2.35. The number of urea groups is 1. The van der Waals surface area contributed by atoms with Gasteiger partial charge in [0.25, 0.3) is 0 Å². The van der Waals surface area contributed by atoms with Crippen molar-refractivity contribution < 1.29 is 4.79 Å². The Hall–Kier alpha value is -0.730. The van der Waals surface area contributed by atoms with Crippen molar-refractivity contribution in [1.29, 1.82) is 0 Å². The number of piperidine rings is 1. The molecule has 1 heterocycles. The second-order valence-electron chi connectivity index (χ2n) is 8.47. The molecule has 0 aromatic rings. The van der Waals surface area contributed by atoms with Crippen LogP contribution in [0.15, 0.2) is 0 Å². The molecule has 1 saturated heterocycles. The quantitative estimate of drug-likeness (QED) is 0.803. The van der Waals surface area contributed by atoms with Crippen LogP contribution >= 0.6 is 0 Å². The Kier molecular flexibility index (Phi) is 5.56. The van der Waals surface area contributed by atoms with Gasteiger partial charge < -0.3 is 10.2 Å². The molecule has 2 rings (SSSR count). The molecule has 0 bridgehead atoms. The largest absolute Gasteiger partial charge is 0.333 e. The Bertz CT molecular complexity index is 332. The molecule has 2 aliphatic rings. The van der Waals surface area contributed by atoms with Crippen LogP contribution in [0.4, 0.5) is 4.79 Å². The van der Waals surface area contributed by atoms with E-state index in [2.05, 4.69) is 12.2 Å². The first-order valence-corrected chi connectivity index (χ1v) is 8.90. The first kappa shape index (κ1) is 16.6. The van der Waals surface area contributed by atoms with Gasteiger partial charge >= 0.3 is 6.03 Å². The summed E-state index contributed by atoms with van der Waals surface area (Å²) in [5.74, 6) is 2.76. The minimum atomic E-state index is -0.132. The summed E-state index contributed by atoms with van der Waals surface area (Å²) in [6.07, 6.45) is 9.53. The second-order valence-corrected chi connectivity index (χ2v) is 8.47. The molecular weight excluding hydrogens is 260 g/mol. The zero-order valence-electron chi connectivity index (χ0n) is 14.5. The van der Waals surface area contributed by atoms with Crippen LogP contribution in [0.25, 0.3) is 0 Å². The van der Waals surface area contributed by atoms with Crippen molar-refractivity contribution >= 4 is 6.03 Å². The highest BCUT2D eigenvalue weighted by atomic mass is 16.2. The van der Waals surface area contributed by atoms with Gasteiger partial charge in [0.1, 0.15) is 0 Å². The van der Waals surface area contributed by atoms with Crippen LogP contribution in [0, 0.1) is 17.8 Å². The molecular formula is C18H34N2O. The molecule has 1 N–H and O–H groups in total. The molecule has 0 unspecified atom stereocenters. The Balaban J connectivity index is 1.69. The number of carbonyl (C=O) groups excluding carboxylic acids is 1. The lowest BCUT2D eigenvalue weighted by Gasteiger charge is -2.36. The molecule has 0 radical (unpaired) electrons. The van der Waals surface area contributed by atoms with E-state index < -0.39 is 0 Å². The zero-order chi connectivity index (χ0) is 15.5. The number of rotatable bonds is 2. The van der Waals surface area contributed by atoms with Gasteiger partial charge in [-0.2, -0.15) is 0 Å². The summed E-state index contributed by atoms with van der Waals surface area (Å²) in [6, 6.07) is 0.118. The summed E-state index contributed by atoms with van der Waals surface area (Å²) in [5.41, 5.74) is -0.132. The average molecular weight is 294 g/mol. The van der Waals surface area contributed by atoms with E-state index in [1.807, 2.05) is 25.7 Å². The number of amides is 2. The van der Waals surface area contributed by atoms with E-state index in [4.69, 9.17) is 0 Å². The molecule has 3 heteroatoms. The summed E-state index contributed by atoms with van der Waals surface area (Å²) < 4.78 is 0. The molecule has 2 amide bonds. The van der Waals surface area contributed by atoms with Crippen LogP contribution in [-0.2, 0) is 0 Å². The van der Waals surface area contributed by atoms with E-state index in [1.54, 1.807) is 0 Å². The minimum Gasteiger partial charge on any atom is -0.333 e. The van der Waals surface area contributed by atoms with Crippen molar-refractivity contribution in [2.45, 2.75) is 78.2 Å². The molecule has 1 aliphatic carbocycles. The number of likely N-dealkylation sites (tertiary alicyclic amines) is 1. The number of hydrogen-bond donors (Lipinski definition) is 1. The average Bonchev–Trinajstić information content (AvgIpc) is 2.40. The predicted octanol–water partition coefficient (Wildman–Crippen LogP) is 4.42. The zero-order valence-corrected chi connectivity index (χ0v) is 14.5. The number of nitrogens with zero attached hydrogens (tertiary/aromatic N) is 1. The molecule has 0 aromatic carbocycles. The van der Waals surface area contributed by atoms with E-state index >= 15 is 0 Å². The summed E-state index contributed by atoms with van der Waals surface area (Å²) in [7, 11) is 0. The third-order valence-electron chi connectivity index (χ3n) is 5.19. The third-order valence-corrected chi connectivity index (χ3v) is 5.19. The highest BCUT2D eigenvalue weighted by molar-refractivity contribution is 5.75. The Morgan fingerprint density at radius 2 is 1.52 bits per heavy atom. The summed E-state index contributed by atoms with van der Waals surface area (Å²) in [4.78, 5) is 14.2. The Morgan fingerprint density at radius 3 is 2.05 bits per heavy atom. The summed E-state index contributed by atoms with van der Waals surface area (Å²) in [5, 5.41) is 3.08. The lowest BCUT2D eigenvalue weighted by atomic mass is 9.77.